The number of benzene rings is 1. The molecule has 0 N–H and O–H groups in total. The molecule has 0 aliphatic heterocycles. The van der Waals surface area contributed by atoms with E-state index in [0.717, 1.165) is 15.5 Å². The van der Waals surface area contributed by atoms with Crippen LogP contribution in [0, 0.1) is 32.1 Å². The predicted molar refractivity (Wildman–Crippen MR) is 73.7 cm³/mol. The molecular formula is C15H14N2S. The fourth-order valence-electron chi connectivity index (χ4n) is 1.64. The van der Waals surface area contributed by atoms with Crippen molar-refractivity contribution in [2.24, 2.45) is 0 Å². The van der Waals surface area contributed by atoms with Gasteiger partial charge in [0.15, 0.2) is 0 Å². The molecule has 0 saturated heterocycles. The summed E-state index contributed by atoms with van der Waals surface area (Å²) in [7, 11) is 0. The number of pyridine rings is 1. The lowest BCUT2D eigenvalue weighted by atomic mass is 10.1. The first kappa shape index (κ1) is 12.7. The molecule has 2 rings (SSSR count). The summed E-state index contributed by atoms with van der Waals surface area (Å²) in [5.41, 5.74) is 4.17. The smallest absolute Gasteiger partial charge is 0.119 e. The van der Waals surface area contributed by atoms with E-state index in [1.807, 2.05) is 13.0 Å². The minimum atomic E-state index is 0.667. The molecule has 18 heavy (non-hydrogen) atoms. The van der Waals surface area contributed by atoms with E-state index in [-0.39, 0.29) is 0 Å². The zero-order valence-electron chi connectivity index (χ0n) is 10.7. The predicted octanol–water partition coefficient (Wildman–Crippen LogP) is 4.03. The average Bonchev–Trinajstić information content (AvgIpc) is 2.34. The van der Waals surface area contributed by atoms with E-state index in [2.05, 4.69) is 43.1 Å². The molecule has 0 unspecified atom stereocenters. The zero-order valence-corrected chi connectivity index (χ0v) is 11.5. The van der Waals surface area contributed by atoms with Gasteiger partial charge in [-0.3, -0.25) is 0 Å². The third-order valence-electron chi connectivity index (χ3n) is 2.93. The van der Waals surface area contributed by atoms with Gasteiger partial charge < -0.3 is 0 Å². The van der Waals surface area contributed by atoms with E-state index in [1.54, 1.807) is 18.0 Å². The Bertz CT molecular complexity index is 627. The third-order valence-corrected chi connectivity index (χ3v) is 3.92. The maximum atomic E-state index is 9.17. The summed E-state index contributed by atoms with van der Waals surface area (Å²) in [4.78, 5) is 5.42. The third kappa shape index (κ3) is 2.55. The number of aromatic nitrogens is 1. The molecule has 0 saturated carbocycles. The zero-order chi connectivity index (χ0) is 13.1. The first-order valence-electron chi connectivity index (χ1n) is 5.72. The first-order valence-corrected chi connectivity index (χ1v) is 6.54. The molecule has 3 heteroatoms. The molecule has 0 aliphatic carbocycles. The van der Waals surface area contributed by atoms with Crippen LogP contribution in [-0.2, 0) is 0 Å². The van der Waals surface area contributed by atoms with Gasteiger partial charge in [0.05, 0.1) is 5.56 Å². The van der Waals surface area contributed by atoms with Gasteiger partial charge in [0.2, 0.25) is 0 Å². The average molecular weight is 254 g/mol. The number of hydrogen-bond acceptors (Lipinski definition) is 3. The highest BCUT2D eigenvalue weighted by molar-refractivity contribution is 7.99. The lowest BCUT2D eigenvalue weighted by molar-refractivity contribution is 1.08. The van der Waals surface area contributed by atoms with E-state index in [9.17, 15) is 5.26 Å². The summed E-state index contributed by atoms with van der Waals surface area (Å²) in [6.07, 6.45) is 1.75. The molecule has 0 bridgehead atoms. The van der Waals surface area contributed by atoms with Crippen LogP contribution in [0.3, 0.4) is 0 Å². The number of rotatable bonds is 2. The SMILES string of the molecule is Cc1ccc(Sc2nccc(C)c2C#N)cc1C. The summed E-state index contributed by atoms with van der Waals surface area (Å²) in [5, 5.41) is 9.95. The van der Waals surface area contributed by atoms with Crippen LogP contribution >= 0.6 is 11.8 Å². The van der Waals surface area contributed by atoms with Crippen molar-refractivity contribution in [3.05, 3.63) is 52.7 Å². The van der Waals surface area contributed by atoms with Crippen LogP contribution in [0.2, 0.25) is 0 Å². The topological polar surface area (TPSA) is 36.7 Å². The second-order valence-electron chi connectivity index (χ2n) is 4.27. The van der Waals surface area contributed by atoms with Crippen molar-refractivity contribution < 1.29 is 0 Å². The Hall–Kier alpha value is -1.79. The van der Waals surface area contributed by atoms with Crippen molar-refractivity contribution in [2.75, 3.05) is 0 Å². The van der Waals surface area contributed by atoms with Gasteiger partial charge in [0.1, 0.15) is 11.1 Å². The Morgan fingerprint density at radius 1 is 1.06 bits per heavy atom. The molecule has 0 fully saturated rings. The van der Waals surface area contributed by atoms with Gasteiger partial charge in [0.25, 0.3) is 0 Å². The van der Waals surface area contributed by atoms with Crippen LogP contribution in [-0.4, -0.2) is 4.98 Å². The highest BCUT2D eigenvalue weighted by atomic mass is 32.2. The molecule has 0 spiro atoms. The maximum absolute atomic E-state index is 9.17. The van der Waals surface area contributed by atoms with E-state index in [0.29, 0.717) is 5.56 Å². The molecule has 1 heterocycles. The Morgan fingerprint density at radius 2 is 1.83 bits per heavy atom. The summed E-state index contributed by atoms with van der Waals surface area (Å²) in [6.45, 7) is 6.12. The quantitative estimate of drug-likeness (QED) is 0.812. The minimum Gasteiger partial charge on any atom is -0.248 e. The van der Waals surface area contributed by atoms with Gasteiger partial charge in [-0.2, -0.15) is 5.26 Å². The minimum absolute atomic E-state index is 0.667. The van der Waals surface area contributed by atoms with Gasteiger partial charge in [-0.1, -0.05) is 17.8 Å². The summed E-state index contributed by atoms with van der Waals surface area (Å²) >= 11 is 1.54. The molecule has 0 amide bonds. The Balaban J connectivity index is 2.37. The van der Waals surface area contributed by atoms with E-state index in [4.69, 9.17) is 0 Å². The lowest BCUT2D eigenvalue weighted by Gasteiger charge is -2.07. The Morgan fingerprint density at radius 3 is 2.50 bits per heavy atom. The number of aryl methyl sites for hydroxylation is 3. The number of hydrogen-bond donors (Lipinski definition) is 0. The van der Waals surface area contributed by atoms with Gasteiger partial charge >= 0.3 is 0 Å². The standard InChI is InChI=1S/C15H14N2S/c1-10-4-5-13(8-12(10)3)18-15-14(9-16)11(2)6-7-17-15/h4-8H,1-3H3. The first-order chi connectivity index (χ1) is 8.61. The van der Waals surface area contributed by atoms with Gasteiger partial charge in [-0.15, -0.1) is 0 Å². The molecule has 1 aromatic heterocycles. The second kappa shape index (κ2) is 5.24. The van der Waals surface area contributed by atoms with Crippen LogP contribution < -0.4 is 0 Å². The van der Waals surface area contributed by atoms with E-state index >= 15 is 0 Å². The van der Waals surface area contributed by atoms with Gasteiger partial charge in [-0.25, -0.2) is 4.98 Å². The van der Waals surface area contributed by atoms with E-state index in [1.165, 1.54) is 11.1 Å². The van der Waals surface area contributed by atoms with Crippen molar-refractivity contribution in [2.45, 2.75) is 30.7 Å². The normalized spacial score (nSPS) is 10.1. The Kier molecular flexibility index (Phi) is 3.69. The van der Waals surface area contributed by atoms with Crippen molar-refractivity contribution in [3.8, 4) is 6.07 Å². The molecule has 0 aliphatic rings. The highest BCUT2D eigenvalue weighted by Crippen LogP contribution is 2.30. The van der Waals surface area contributed by atoms with Crippen LogP contribution in [0.4, 0.5) is 0 Å². The van der Waals surface area contributed by atoms with Crippen molar-refractivity contribution >= 4 is 11.8 Å². The molecule has 0 atom stereocenters. The van der Waals surface area contributed by atoms with Crippen LogP contribution in [0.15, 0.2) is 40.4 Å². The largest absolute Gasteiger partial charge is 0.248 e. The van der Waals surface area contributed by atoms with Crippen LogP contribution in [0.5, 0.6) is 0 Å². The van der Waals surface area contributed by atoms with Crippen LogP contribution in [0.1, 0.15) is 22.3 Å². The van der Waals surface area contributed by atoms with Crippen LogP contribution in [0.25, 0.3) is 0 Å². The fraction of sp³-hybridized carbons (Fsp3) is 0.200. The number of nitriles is 1. The van der Waals surface area contributed by atoms with Gasteiger partial charge in [-0.05, 0) is 55.7 Å². The molecule has 90 valence electrons. The molecule has 1 aromatic carbocycles. The molecule has 0 radical (unpaired) electrons. The summed E-state index contributed by atoms with van der Waals surface area (Å²) in [6, 6.07) is 10.4. The van der Waals surface area contributed by atoms with E-state index < -0.39 is 0 Å². The molecule has 2 nitrogen and oxygen atoms in total. The number of nitrogens with zero attached hydrogens (tertiary/aromatic N) is 2. The lowest BCUT2D eigenvalue weighted by Crippen LogP contribution is -1.90. The fourth-order valence-corrected chi connectivity index (χ4v) is 2.65. The second-order valence-corrected chi connectivity index (χ2v) is 5.33. The van der Waals surface area contributed by atoms with Crippen molar-refractivity contribution in [1.29, 1.82) is 5.26 Å². The molecular weight excluding hydrogens is 240 g/mol. The Labute approximate surface area is 112 Å². The highest BCUT2D eigenvalue weighted by Gasteiger charge is 2.08. The monoisotopic (exact) mass is 254 g/mol. The van der Waals surface area contributed by atoms with Crippen molar-refractivity contribution in [1.82, 2.24) is 4.98 Å². The molecule has 2 aromatic rings. The van der Waals surface area contributed by atoms with Gasteiger partial charge in [0, 0.05) is 11.1 Å². The summed E-state index contributed by atoms with van der Waals surface area (Å²) in [5.74, 6) is 0. The maximum Gasteiger partial charge on any atom is 0.119 e. The summed E-state index contributed by atoms with van der Waals surface area (Å²) < 4.78 is 0. The van der Waals surface area contributed by atoms with Crippen molar-refractivity contribution in [3.63, 3.8) is 0 Å².